The highest BCUT2D eigenvalue weighted by molar-refractivity contribution is 5.85. The summed E-state index contributed by atoms with van der Waals surface area (Å²) in [7, 11) is 0. The van der Waals surface area contributed by atoms with Crippen LogP contribution in [0.2, 0.25) is 0 Å². The lowest BCUT2D eigenvalue weighted by molar-refractivity contribution is 0.317. The Labute approximate surface area is 190 Å². The molecule has 0 bridgehead atoms. The first kappa shape index (κ1) is 20.6. The van der Waals surface area contributed by atoms with E-state index < -0.39 is 0 Å². The molecule has 0 unspecified atom stereocenters. The monoisotopic (exact) mass is 422 g/mol. The minimum absolute atomic E-state index is 0.311. The second-order valence-corrected chi connectivity index (χ2v) is 8.80. The Balaban J connectivity index is 1.35. The number of para-hydroxylation sites is 1. The third kappa shape index (κ3) is 4.08. The average molecular weight is 423 g/mol. The predicted molar refractivity (Wildman–Crippen MR) is 133 cm³/mol. The van der Waals surface area contributed by atoms with Gasteiger partial charge in [0.1, 0.15) is 5.75 Å². The highest BCUT2D eigenvalue weighted by Crippen LogP contribution is 2.50. The molecule has 1 aliphatic heterocycles. The van der Waals surface area contributed by atoms with E-state index in [1.54, 1.807) is 0 Å². The summed E-state index contributed by atoms with van der Waals surface area (Å²) in [4.78, 5) is 4.71. The first-order chi connectivity index (χ1) is 15.7. The van der Waals surface area contributed by atoms with Crippen LogP contribution in [-0.2, 0) is 0 Å². The van der Waals surface area contributed by atoms with Gasteiger partial charge in [0.2, 0.25) is 0 Å². The number of aryl methyl sites for hydroxylation is 1. The molecule has 0 saturated heterocycles. The van der Waals surface area contributed by atoms with Crippen molar-refractivity contribution >= 4 is 17.6 Å². The molecule has 0 aromatic heterocycles. The quantitative estimate of drug-likeness (QED) is 0.332. The highest BCUT2D eigenvalue weighted by Gasteiger charge is 2.37. The number of allylic oxidation sites excluding steroid dienone is 2. The number of rotatable bonds is 6. The molecule has 1 aliphatic carbocycles. The minimum atomic E-state index is 0.311. The molecule has 3 atom stereocenters. The first-order valence-electron chi connectivity index (χ1n) is 11.6. The normalized spacial score (nSPS) is 21.2. The molecule has 0 saturated carbocycles. The van der Waals surface area contributed by atoms with Gasteiger partial charge in [-0.3, -0.25) is 4.99 Å². The van der Waals surface area contributed by atoms with Gasteiger partial charge in [-0.2, -0.15) is 0 Å². The number of anilines is 1. The molecule has 3 nitrogen and oxygen atoms in total. The summed E-state index contributed by atoms with van der Waals surface area (Å²) >= 11 is 0. The van der Waals surface area contributed by atoms with Crippen LogP contribution in [0.5, 0.6) is 5.75 Å². The first-order valence-corrected chi connectivity index (χ1v) is 11.6. The average Bonchev–Trinajstić information content (AvgIpc) is 3.32. The van der Waals surface area contributed by atoms with Crippen LogP contribution < -0.4 is 10.1 Å². The zero-order valence-electron chi connectivity index (χ0n) is 18.8. The summed E-state index contributed by atoms with van der Waals surface area (Å²) in [6, 6.07) is 23.8. The minimum Gasteiger partial charge on any atom is -0.493 e. The Morgan fingerprint density at radius 2 is 1.91 bits per heavy atom. The molecule has 3 heteroatoms. The van der Waals surface area contributed by atoms with Gasteiger partial charge in [0, 0.05) is 23.4 Å². The fraction of sp³-hybridized carbons (Fsp3) is 0.276. The van der Waals surface area contributed by atoms with E-state index in [1.165, 1.54) is 22.4 Å². The van der Waals surface area contributed by atoms with Crippen molar-refractivity contribution < 1.29 is 4.74 Å². The van der Waals surface area contributed by atoms with Crippen LogP contribution in [0.25, 0.3) is 0 Å². The fourth-order valence-electron chi connectivity index (χ4n) is 4.89. The van der Waals surface area contributed by atoms with Crippen molar-refractivity contribution in [3.8, 4) is 5.75 Å². The highest BCUT2D eigenvalue weighted by atomic mass is 16.5. The number of nitrogens with zero attached hydrogens (tertiary/aromatic N) is 1. The fourth-order valence-corrected chi connectivity index (χ4v) is 4.89. The maximum absolute atomic E-state index is 5.84. The van der Waals surface area contributed by atoms with E-state index in [0.29, 0.717) is 24.5 Å². The van der Waals surface area contributed by atoms with E-state index in [0.717, 1.165) is 29.8 Å². The maximum Gasteiger partial charge on any atom is 0.128 e. The van der Waals surface area contributed by atoms with Crippen LogP contribution in [0.4, 0.5) is 11.4 Å². The van der Waals surface area contributed by atoms with Crippen molar-refractivity contribution in [2.24, 2.45) is 10.9 Å². The van der Waals surface area contributed by atoms with E-state index in [9.17, 15) is 0 Å². The van der Waals surface area contributed by atoms with Crippen LogP contribution in [0.1, 0.15) is 54.0 Å². The van der Waals surface area contributed by atoms with Gasteiger partial charge < -0.3 is 10.1 Å². The number of hydrogen-bond acceptors (Lipinski definition) is 3. The molecular formula is C29H30N2O. The van der Waals surface area contributed by atoms with Crippen molar-refractivity contribution in [3.05, 3.63) is 101 Å². The van der Waals surface area contributed by atoms with Crippen LogP contribution in [0.15, 0.2) is 83.9 Å². The summed E-state index contributed by atoms with van der Waals surface area (Å²) in [6.07, 6.45) is 8.74. The summed E-state index contributed by atoms with van der Waals surface area (Å²) < 4.78 is 5.84. The Morgan fingerprint density at radius 1 is 1.06 bits per heavy atom. The van der Waals surface area contributed by atoms with Gasteiger partial charge in [0.15, 0.2) is 0 Å². The van der Waals surface area contributed by atoms with Gasteiger partial charge in [-0.15, -0.1) is 0 Å². The summed E-state index contributed by atoms with van der Waals surface area (Å²) in [6.45, 7) is 5.00. The van der Waals surface area contributed by atoms with Gasteiger partial charge in [0.05, 0.1) is 18.3 Å². The van der Waals surface area contributed by atoms with Crippen molar-refractivity contribution in [2.75, 3.05) is 11.9 Å². The van der Waals surface area contributed by atoms with Gasteiger partial charge in [-0.05, 0) is 67.1 Å². The van der Waals surface area contributed by atoms with Crippen LogP contribution in [0.3, 0.4) is 0 Å². The smallest absolute Gasteiger partial charge is 0.128 e. The number of ether oxygens (including phenoxy) is 1. The molecule has 3 aromatic rings. The number of benzene rings is 3. The molecule has 3 aromatic carbocycles. The van der Waals surface area contributed by atoms with E-state index in [1.807, 2.05) is 30.5 Å². The Hall–Kier alpha value is -3.33. The summed E-state index contributed by atoms with van der Waals surface area (Å²) in [5.74, 6) is 1.93. The number of hydrogen-bond donors (Lipinski definition) is 1. The van der Waals surface area contributed by atoms with Gasteiger partial charge >= 0.3 is 0 Å². The molecule has 0 amide bonds. The second-order valence-electron chi connectivity index (χ2n) is 8.80. The lowest BCUT2D eigenvalue weighted by atomic mass is 9.76. The SMILES string of the molecule is CCCOc1ccccc1C=Nc1ccc([C@@H]2Nc3ccc(C)cc3[C@H]3C=CC[C@@H]32)cc1. The van der Waals surface area contributed by atoms with E-state index in [-0.39, 0.29) is 0 Å². The molecule has 1 N–H and O–H groups in total. The topological polar surface area (TPSA) is 33.6 Å². The lowest BCUT2D eigenvalue weighted by Crippen LogP contribution is -2.29. The second kappa shape index (κ2) is 9.04. The molecule has 0 fully saturated rings. The largest absolute Gasteiger partial charge is 0.493 e. The van der Waals surface area contributed by atoms with E-state index >= 15 is 0 Å². The van der Waals surface area contributed by atoms with Crippen molar-refractivity contribution in [1.29, 1.82) is 0 Å². The molecular weight excluding hydrogens is 392 g/mol. The number of fused-ring (bicyclic) bond motifs is 3. The number of nitrogens with one attached hydrogen (secondary N) is 1. The van der Waals surface area contributed by atoms with Crippen molar-refractivity contribution in [1.82, 2.24) is 0 Å². The summed E-state index contributed by atoms with van der Waals surface area (Å²) in [5, 5.41) is 3.82. The van der Waals surface area contributed by atoms with Crippen molar-refractivity contribution in [3.63, 3.8) is 0 Å². The van der Waals surface area contributed by atoms with Gasteiger partial charge in [-0.1, -0.05) is 61.0 Å². The lowest BCUT2D eigenvalue weighted by Gasteiger charge is -2.37. The summed E-state index contributed by atoms with van der Waals surface area (Å²) in [5.41, 5.74) is 7.30. The molecule has 0 radical (unpaired) electrons. The van der Waals surface area contributed by atoms with E-state index in [4.69, 9.17) is 9.73 Å². The maximum atomic E-state index is 5.84. The standard InChI is InChI=1S/C29H30N2O/c1-3-17-32-28-10-5-4-7-22(28)19-30-23-14-12-21(13-15-23)29-25-9-6-8-24(25)26-18-20(2)11-16-27(26)31-29/h4-8,10-16,18-19,24-25,29,31H,3,9,17H2,1-2H3/t24-,25-,29-/m0/s1. The predicted octanol–water partition coefficient (Wildman–Crippen LogP) is 7.36. The molecule has 162 valence electrons. The van der Waals surface area contributed by atoms with Crippen LogP contribution >= 0.6 is 0 Å². The van der Waals surface area contributed by atoms with Crippen LogP contribution in [-0.4, -0.2) is 12.8 Å². The van der Waals surface area contributed by atoms with Crippen molar-refractivity contribution in [2.45, 2.75) is 38.6 Å². The van der Waals surface area contributed by atoms with Gasteiger partial charge in [0.25, 0.3) is 0 Å². The molecule has 0 spiro atoms. The molecule has 32 heavy (non-hydrogen) atoms. The zero-order valence-corrected chi connectivity index (χ0v) is 18.8. The van der Waals surface area contributed by atoms with Crippen LogP contribution in [0, 0.1) is 12.8 Å². The molecule has 2 aliphatic rings. The molecule has 5 rings (SSSR count). The van der Waals surface area contributed by atoms with E-state index in [2.05, 4.69) is 73.8 Å². The molecule has 1 heterocycles. The van der Waals surface area contributed by atoms with Gasteiger partial charge in [-0.25, -0.2) is 0 Å². The Morgan fingerprint density at radius 3 is 2.75 bits per heavy atom. The zero-order chi connectivity index (χ0) is 21.9. The Bertz CT molecular complexity index is 1150. The third-order valence-corrected chi connectivity index (χ3v) is 6.50. The number of aliphatic imine (C=N–C) groups is 1. The Kier molecular flexibility index (Phi) is 5.81. The third-order valence-electron chi connectivity index (χ3n) is 6.50.